The molecule has 0 aromatic heterocycles. The third-order valence-corrected chi connectivity index (χ3v) is 5.09. The molecule has 0 aliphatic carbocycles. The Morgan fingerprint density at radius 3 is 2.70 bits per heavy atom. The van der Waals surface area contributed by atoms with Crippen LogP contribution >= 0.6 is 0 Å². The molecule has 2 atom stereocenters. The second kappa shape index (κ2) is 7.21. The number of amides is 1. The van der Waals surface area contributed by atoms with E-state index in [-0.39, 0.29) is 6.09 Å². The van der Waals surface area contributed by atoms with Gasteiger partial charge in [-0.25, -0.2) is 4.79 Å². The van der Waals surface area contributed by atoms with Gasteiger partial charge in [0.05, 0.1) is 14.2 Å². The van der Waals surface area contributed by atoms with Crippen molar-refractivity contribution < 1.29 is 14.3 Å². The van der Waals surface area contributed by atoms with Gasteiger partial charge < -0.3 is 19.3 Å². The molecule has 0 saturated carbocycles. The van der Waals surface area contributed by atoms with E-state index in [4.69, 9.17) is 9.47 Å². The standard InChI is InChI=1S/C18H26N2O3/c1-22-16-7-5-6-14(10-16)17-13-20(18(21)23-2)12-15(17)11-19-8-3-4-9-19/h5-7,10,15,17H,3-4,8-9,11-13H2,1-2H3. The van der Waals surface area contributed by atoms with E-state index >= 15 is 0 Å². The Kier molecular flexibility index (Phi) is 5.06. The van der Waals surface area contributed by atoms with Crippen molar-refractivity contribution in [3.05, 3.63) is 29.8 Å². The number of likely N-dealkylation sites (tertiary alicyclic amines) is 2. The fourth-order valence-electron chi connectivity index (χ4n) is 3.88. The van der Waals surface area contributed by atoms with Gasteiger partial charge in [-0.15, -0.1) is 0 Å². The number of hydrogen-bond acceptors (Lipinski definition) is 4. The molecule has 126 valence electrons. The van der Waals surface area contributed by atoms with Gasteiger partial charge in [0.2, 0.25) is 0 Å². The van der Waals surface area contributed by atoms with Crippen LogP contribution in [-0.2, 0) is 4.74 Å². The molecule has 2 saturated heterocycles. The minimum Gasteiger partial charge on any atom is -0.497 e. The summed E-state index contributed by atoms with van der Waals surface area (Å²) in [5.74, 6) is 1.66. The van der Waals surface area contributed by atoms with Crippen LogP contribution in [0.25, 0.3) is 0 Å². The Morgan fingerprint density at radius 1 is 1.22 bits per heavy atom. The molecular formula is C18H26N2O3. The maximum Gasteiger partial charge on any atom is 0.409 e. The van der Waals surface area contributed by atoms with Gasteiger partial charge in [-0.3, -0.25) is 0 Å². The average Bonchev–Trinajstić information content (AvgIpc) is 3.24. The molecule has 0 N–H and O–H groups in total. The second-order valence-electron chi connectivity index (χ2n) is 6.53. The Labute approximate surface area is 138 Å². The maximum atomic E-state index is 12.0. The van der Waals surface area contributed by atoms with Crippen molar-refractivity contribution in [3.63, 3.8) is 0 Å². The van der Waals surface area contributed by atoms with Crippen LogP contribution in [0.15, 0.2) is 24.3 Å². The van der Waals surface area contributed by atoms with Gasteiger partial charge in [0.15, 0.2) is 0 Å². The molecule has 5 heteroatoms. The minimum atomic E-state index is -0.221. The SMILES string of the molecule is COC(=O)N1CC(CN2CCCC2)C(c2cccc(OC)c2)C1. The Hall–Kier alpha value is -1.75. The van der Waals surface area contributed by atoms with E-state index < -0.39 is 0 Å². The third kappa shape index (κ3) is 3.61. The summed E-state index contributed by atoms with van der Waals surface area (Å²) in [5.41, 5.74) is 1.25. The van der Waals surface area contributed by atoms with E-state index in [9.17, 15) is 4.79 Å². The van der Waals surface area contributed by atoms with E-state index in [0.717, 1.165) is 25.4 Å². The van der Waals surface area contributed by atoms with Crippen molar-refractivity contribution in [1.29, 1.82) is 0 Å². The van der Waals surface area contributed by atoms with Crippen molar-refractivity contribution >= 4 is 6.09 Å². The van der Waals surface area contributed by atoms with E-state index in [1.165, 1.54) is 38.6 Å². The molecule has 2 unspecified atom stereocenters. The van der Waals surface area contributed by atoms with Gasteiger partial charge in [0, 0.05) is 25.6 Å². The van der Waals surface area contributed by atoms with Gasteiger partial charge in [0.25, 0.3) is 0 Å². The lowest BCUT2D eigenvalue weighted by Crippen LogP contribution is -2.32. The number of ether oxygens (including phenoxy) is 2. The van der Waals surface area contributed by atoms with Crippen molar-refractivity contribution in [2.45, 2.75) is 18.8 Å². The zero-order valence-electron chi connectivity index (χ0n) is 14.0. The summed E-state index contributed by atoms with van der Waals surface area (Å²) in [5, 5.41) is 0. The molecule has 2 aliphatic heterocycles. The molecule has 1 aromatic carbocycles. The summed E-state index contributed by atoms with van der Waals surface area (Å²) in [7, 11) is 3.15. The van der Waals surface area contributed by atoms with Crippen LogP contribution in [0.4, 0.5) is 4.79 Å². The maximum absolute atomic E-state index is 12.0. The molecule has 0 radical (unpaired) electrons. The molecule has 1 amide bonds. The smallest absolute Gasteiger partial charge is 0.409 e. The van der Waals surface area contributed by atoms with Crippen LogP contribution in [0.1, 0.15) is 24.3 Å². The van der Waals surface area contributed by atoms with Crippen molar-refractivity contribution in [2.75, 3.05) is 46.9 Å². The summed E-state index contributed by atoms with van der Waals surface area (Å²) in [6.45, 7) is 4.90. The van der Waals surface area contributed by atoms with Gasteiger partial charge in [-0.05, 0) is 49.5 Å². The number of rotatable bonds is 4. The van der Waals surface area contributed by atoms with Crippen molar-refractivity contribution in [2.24, 2.45) is 5.92 Å². The average molecular weight is 318 g/mol. The summed E-state index contributed by atoms with van der Waals surface area (Å²) in [6.07, 6.45) is 2.36. The second-order valence-corrected chi connectivity index (χ2v) is 6.53. The van der Waals surface area contributed by atoms with Gasteiger partial charge in [0.1, 0.15) is 5.75 Å². The van der Waals surface area contributed by atoms with E-state index in [1.54, 1.807) is 7.11 Å². The first kappa shape index (κ1) is 16.1. The molecule has 2 aliphatic rings. The molecule has 5 nitrogen and oxygen atoms in total. The summed E-state index contributed by atoms with van der Waals surface area (Å²) >= 11 is 0. The number of carbonyl (C=O) groups is 1. The van der Waals surface area contributed by atoms with Crippen molar-refractivity contribution in [3.8, 4) is 5.75 Å². The van der Waals surface area contributed by atoms with Crippen LogP contribution in [0.2, 0.25) is 0 Å². The Morgan fingerprint density at radius 2 is 2.00 bits per heavy atom. The topological polar surface area (TPSA) is 42.0 Å². The lowest BCUT2D eigenvalue weighted by atomic mass is 9.88. The highest BCUT2D eigenvalue weighted by Crippen LogP contribution is 2.35. The van der Waals surface area contributed by atoms with Crippen molar-refractivity contribution in [1.82, 2.24) is 9.80 Å². The predicted octanol–water partition coefficient (Wildman–Crippen LogP) is 2.57. The van der Waals surface area contributed by atoms with E-state index in [2.05, 4.69) is 17.0 Å². The molecule has 23 heavy (non-hydrogen) atoms. The summed E-state index contributed by atoms with van der Waals surface area (Å²) < 4.78 is 10.3. The van der Waals surface area contributed by atoms with E-state index in [1.807, 2.05) is 17.0 Å². The minimum absolute atomic E-state index is 0.221. The Balaban J connectivity index is 1.78. The normalized spacial score (nSPS) is 24.9. The molecule has 1 aromatic rings. The summed E-state index contributed by atoms with van der Waals surface area (Å²) in [4.78, 5) is 16.3. The quantitative estimate of drug-likeness (QED) is 0.856. The van der Waals surface area contributed by atoms with Crippen LogP contribution in [-0.4, -0.2) is 62.8 Å². The molecule has 2 heterocycles. The van der Waals surface area contributed by atoms with Crippen LogP contribution in [0.3, 0.4) is 0 Å². The first-order chi connectivity index (χ1) is 11.2. The lowest BCUT2D eigenvalue weighted by molar-refractivity contribution is 0.130. The van der Waals surface area contributed by atoms with Gasteiger partial charge >= 0.3 is 6.09 Å². The molecule has 0 spiro atoms. The zero-order chi connectivity index (χ0) is 16.2. The molecular weight excluding hydrogens is 292 g/mol. The number of nitrogens with zero attached hydrogens (tertiary/aromatic N) is 2. The highest BCUT2D eigenvalue weighted by molar-refractivity contribution is 5.68. The fraction of sp³-hybridized carbons (Fsp3) is 0.611. The molecule has 2 fully saturated rings. The molecule has 0 bridgehead atoms. The van der Waals surface area contributed by atoms with Gasteiger partial charge in [-0.1, -0.05) is 12.1 Å². The predicted molar refractivity (Wildman–Crippen MR) is 88.9 cm³/mol. The highest BCUT2D eigenvalue weighted by Gasteiger charge is 2.37. The first-order valence-corrected chi connectivity index (χ1v) is 8.40. The van der Waals surface area contributed by atoms with E-state index in [0.29, 0.717) is 11.8 Å². The number of hydrogen-bond donors (Lipinski definition) is 0. The number of methoxy groups -OCH3 is 2. The van der Waals surface area contributed by atoms with Crippen LogP contribution < -0.4 is 4.74 Å². The highest BCUT2D eigenvalue weighted by atomic mass is 16.5. The fourth-order valence-corrected chi connectivity index (χ4v) is 3.88. The Bertz CT molecular complexity index is 543. The first-order valence-electron chi connectivity index (χ1n) is 8.40. The molecule has 3 rings (SSSR count). The lowest BCUT2D eigenvalue weighted by Gasteiger charge is -2.24. The van der Waals surface area contributed by atoms with Crippen LogP contribution in [0.5, 0.6) is 5.75 Å². The zero-order valence-corrected chi connectivity index (χ0v) is 14.0. The third-order valence-electron chi connectivity index (χ3n) is 5.09. The number of carbonyl (C=O) groups excluding carboxylic acids is 1. The monoisotopic (exact) mass is 318 g/mol. The largest absolute Gasteiger partial charge is 0.497 e. The van der Waals surface area contributed by atoms with Gasteiger partial charge in [-0.2, -0.15) is 0 Å². The number of benzene rings is 1. The summed E-state index contributed by atoms with van der Waals surface area (Å²) in [6, 6.07) is 8.24. The van der Waals surface area contributed by atoms with Crippen LogP contribution in [0, 0.1) is 5.92 Å².